The molecule has 0 amide bonds. The first-order valence-electron chi connectivity index (χ1n) is 4.13. The van der Waals surface area contributed by atoms with E-state index in [0.29, 0.717) is 11.0 Å². The molecule has 1 fully saturated rings. The number of carbonyl (C=O) groups is 1. The van der Waals surface area contributed by atoms with Crippen molar-refractivity contribution >= 4 is 17.7 Å². The van der Waals surface area contributed by atoms with Crippen LogP contribution in [0.3, 0.4) is 0 Å². The number of carbonyl (C=O) groups excluding carboxylic acids is 1. The molecular weight excluding hydrogens is 190 g/mol. The van der Waals surface area contributed by atoms with Gasteiger partial charge in [0.15, 0.2) is 0 Å². The van der Waals surface area contributed by atoms with Crippen LogP contribution in [0.5, 0.6) is 0 Å². The smallest absolute Gasteiger partial charge is 0.326 e. The van der Waals surface area contributed by atoms with Crippen molar-refractivity contribution in [3.05, 3.63) is 0 Å². The van der Waals surface area contributed by atoms with Crippen LogP contribution in [0.25, 0.3) is 0 Å². The van der Waals surface area contributed by atoms with E-state index in [1.807, 2.05) is 0 Å². The van der Waals surface area contributed by atoms with Crippen molar-refractivity contribution < 1.29 is 14.3 Å². The first-order chi connectivity index (χ1) is 6.06. The minimum absolute atomic E-state index is 0.361. The van der Waals surface area contributed by atoms with Gasteiger partial charge in [0, 0.05) is 5.75 Å². The summed E-state index contributed by atoms with van der Waals surface area (Å²) < 4.78 is 9.60. The number of rotatable bonds is 4. The molecule has 0 aliphatic carbocycles. The highest BCUT2D eigenvalue weighted by Gasteiger charge is 2.31. The third kappa shape index (κ3) is 2.86. The fraction of sp³-hybridized carbons (Fsp3) is 0.875. The summed E-state index contributed by atoms with van der Waals surface area (Å²) in [6.45, 7) is 3.22. The molecule has 0 aromatic heterocycles. The van der Waals surface area contributed by atoms with E-state index in [0.717, 1.165) is 13.2 Å². The second kappa shape index (κ2) is 4.30. The van der Waals surface area contributed by atoms with Crippen LogP contribution in [0, 0.1) is 0 Å². The van der Waals surface area contributed by atoms with Crippen LogP contribution in [-0.2, 0) is 14.3 Å². The van der Waals surface area contributed by atoms with Gasteiger partial charge in [0.1, 0.15) is 5.54 Å². The standard InChI is InChI=1S/C8H15NO3S/c1-8(9,7(10)11-2)5-13-6-3-12-4-6/h6H,3-5,9H2,1-2H3. The largest absolute Gasteiger partial charge is 0.468 e. The summed E-state index contributed by atoms with van der Waals surface area (Å²) in [5.41, 5.74) is 4.88. The van der Waals surface area contributed by atoms with Crippen LogP contribution in [0.4, 0.5) is 0 Å². The second-order valence-electron chi connectivity index (χ2n) is 3.38. The Morgan fingerprint density at radius 1 is 1.77 bits per heavy atom. The highest BCUT2D eigenvalue weighted by Crippen LogP contribution is 2.22. The van der Waals surface area contributed by atoms with E-state index in [4.69, 9.17) is 10.5 Å². The van der Waals surface area contributed by atoms with Gasteiger partial charge >= 0.3 is 5.97 Å². The zero-order valence-electron chi connectivity index (χ0n) is 7.91. The number of methoxy groups -OCH3 is 1. The zero-order chi connectivity index (χ0) is 9.90. The Morgan fingerprint density at radius 3 is 2.77 bits per heavy atom. The highest BCUT2D eigenvalue weighted by atomic mass is 32.2. The van der Waals surface area contributed by atoms with E-state index in [1.54, 1.807) is 18.7 Å². The van der Waals surface area contributed by atoms with Crippen molar-refractivity contribution in [3.8, 4) is 0 Å². The normalized spacial score (nSPS) is 21.8. The zero-order valence-corrected chi connectivity index (χ0v) is 8.73. The number of ether oxygens (including phenoxy) is 2. The summed E-state index contributed by atoms with van der Waals surface area (Å²) >= 11 is 1.66. The minimum atomic E-state index is -0.880. The molecule has 13 heavy (non-hydrogen) atoms. The Kier molecular flexibility index (Phi) is 3.58. The maximum atomic E-state index is 11.2. The van der Waals surface area contributed by atoms with Gasteiger partial charge in [-0.15, -0.1) is 0 Å². The van der Waals surface area contributed by atoms with Gasteiger partial charge in [-0.2, -0.15) is 11.8 Å². The lowest BCUT2D eigenvalue weighted by atomic mass is 10.1. The number of esters is 1. The highest BCUT2D eigenvalue weighted by molar-refractivity contribution is 8.00. The monoisotopic (exact) mass is 205 g/mol. The molecule has 1 heterocycles. The molecule has 4 nitrogen and oxygen atoms in total. The molecule has 76 valence electrons. The van der Waals surface area contributed by atoms with Gasteiger partial charge in [-0.3, -0.25) is 4.79 Å². The van der Waals surface area contributed by atoms with E-state index in [2.05, 4.69) is 4.74 Å². The van der Waals surface area contributed by atoms with Crippen molar-refractivity contribution in [1.82, 2.24) is 0 Å². The number of hydrogen-bond acceptors (Lipinski definition) is 5. The lowest BCUT2D eigenvalue weighted by Gasteiger charge is -2.29. The second-order valence-corrected chi connectivity index (χ2v) is 4.67. The SMILES string of the molecule is COC(=O)C(C)(N)CSC1COC1. The maximum absolute atomic E-state index is 11.2. The fourth-order valence-electron chi connectivity index (χ4n) is 0.893. The van der Waals surface area contributed by atoms with Crippen LogP contribution < -0.4 is 5.73 Å². The Bertz CT molecular complexity index is 192. The van der Waals surface area contributed by atoms with E-state index >= 15 is 0 Å². The Balaban J connectivity index is 2.27. The van der Waals surface area contributed by atoms with Crippen LogP contribution in [0.15, 0.2) is 0 Å². The number of hydrogen-bond donors (Lipinski definition) is 1. The van der Waals surface area contributed by atoms with Gasteiger partial charge in [-0.05, 0) is 6.92 Å². The van der Waals surface area contributed by atoms with Crippen molar-refractivity contribution in [2.45, 2.75) is 17.7 Å². The molecule has 1 saturated heterocycles. The lowest BCUT2D eigenvalue weighted by molar-refractivity contribution is -0.145. The van der Waals surface area contributed by atoms with Crippen molar-refractivity contribution in [2.75, 3.05) is 26.1 Å². The van der Waals surface area contributed by atoms with Gasteiger partial charge in [0.25, 0.3) is 0 Å². The van der Waals surface area contributed by atoms with Crippen molar-refractivity contribution in [3.63, 3.8) is 0 Å². The summed E-state index contributed by atoms with van der Waals surface area (Å²) in [5, 5.41) is 0.493. The molecule has 1 aliphatic rings. The van der Waals surface area contributed by atoms with Gasteiger partial charge in [0.2, 0.25) is 0 Å². The quantitative estimate of drug-likeness (QED) is 0.655. The predicted octanol–water partition coefficient (Wildman–Crippen LogP) is 0.00880. The predicted molar refractivity (Wildman–Crippen MR) is 51.7 cm³/mol. The van der Waals surface area contributed by atoms with E-state index in [-0.39, 0.29) is 5.97 Å². The summed E-state index contributed by atoms with van der Waals surface area (Å²) in [6.07, 6.45) is 0. The topological polar surface area (TPSA) is 61.5 Å². The molecular formula is C8H15NO3S. The Hall–Kier alpha value is -0.260. The van der Waals surface area contributed by atoms with E-state index in [1.165, 1.54) is 7.11 Å². The molecule has 0 aromatic rings. The number of nitrogens with two attached hydrogens (primary N) is 1. The third-order valence-electron chi connectivity index (χ3n) is 1.88. The third-order valence-corrected chi connectivity index (χ3v) is 3.39. The molecule has 0 radical (unpaired) electrons. The lowest BCUT2D eigenvalue weighted by Crippen LogP contribution is -2.49. The summed E-state index contributed by atoms with van der Waals surface area (Å²) in [4.78, 5) is 11.2. The summed E-state index contributed by atoms with van der Waals surface area (Å²) in [6, 6.07) is 0. The van der Waals surface area contributed by atoms with E-state index in [9.17, 15) is 4.79 Å². The average Bonchev–Trinajstić information content (AvgIpc) is 1.99. The molecule has 0 spiro atoms. The summed E-state index contributed by atoms with van der Waals surface area (Å²) in [7, 11) is 1.35. The maximum Gasteiger partial charge on any atom is 0.326 e. The van der Waals surface area contributed by atoms with E-state index < -0.39 is 5.54 Å². The molecule has 1 rings (SSSR count). The first-order valence-corrected chi connectivity index (χ1v) is 5.18. The Morgan fingerprint density at radius 2 is 2.38 bits per heavy atom. The molecule has 0 bridgehead atoms. The molecule has 5 heteroatoms. The molecule has 2 N–H and O–H groups in total. The molecule has 1 unspecified atom stereocenters. The van der Waals surface area contributed by atoms with Gasteiger partial charge in [-0.25, -0.2) is 0 Å². The average molecular weight is 205 g/mol. The minimum Gasteiger partial charge on any atom is -0.468 e. The van der Waals surface area contributed by atoms with Crippen LogP contribution in [0.1, 0.15) is 6.92 Å². The fourth-order valence-corrected chi connectivity index (χ4v) is 1.98. The Labute approximate surface area is 82.1 Å². The van der Waals surface area contributed by atoms with Crippen LogP contribution >= 0.6 is 11.8 Å². The van der Waals surface area contributed by atoms with Crippen LogP contribution in [-0.4, -0.2) is 42.8 Å². The molecule has 1 aliphatic heterocycles. The summed E-state index contributed by atoms with van der Waals surface area (Å²) in [5.74, 6) is 0.216. The van der Waals surface area contributed by atoms with Gasteiger partial charge in [0.05, 0.1) is 25.6 Å². The molecule has 1 atom stereocenters. The van der Waals surface area contributed by atoms with Gasteiger partial charge < -0.3 is 15.2 Å². The van der Waals surface area contributed by atoms with Crippen LogP contribution in [0.2, 0.25) is 0 Å². The number of thioether (sulfide) groups is 1. The molecule has 0 aromatic carbocycles. The van der Waals surface area contributed by atoms with Gasteiger partial charge in [-0.1, -0.05) is 0 Å². The van der Waals surface area contributed by atoms with Crippen molar-refractivity contribution in [1.29, 1.82) is 0 Å². The molecule has 0 saturated carbocycles. The van der Waals surface area contributed by atoms with Crippen molar-refractivity contribution in [2.24, 2.45) is 5.73 Å². The first kappa shape index (κ1) is 10.8.